The van der Waals surface area contributed by atoms with Crippen molar-refractivity contribution in [1.82, 2.24) is 0 Å². The zero-order valence-corrected chi connectivity index (χ0v) is 14.3. The number of nitrogens with two attached hydrogens (primary N) is 4. The van der Waals surface area contributed by atoms with E-state index in [2.05, 4.69) is 0 Å². The molecular weight excluding hydrogens is 467 g/mol. The molecule has 112 valence electrons. The van der Waals surface area contributed by atoms with Crippen LogP contribution in [0.5, 0.6) is 0 Å². The van der Waals surface area contributed by atoms with Crippen LogP contribution in [0.1, 0.15) is 32.1 Å². The minimum Gasteiger partial charge on any atom is -1.00 e. The van der Waals surface area contributed by atoms with E-state index in [0.29, 0.717) is 0 Å². The van der Waals surface area contributed by atoms with Crippen LogP contribution in [0.25, 0.3) is 0 Å². The second-order valence-corrected chi connectivity index (χ2v) is 3.54. The van der Waals surface area contributed by atoms with Gasteiger partial charge in [0.05, 0.1) is 0 Å². The van der Waals surface area contributed by atoms with Crippen LogP contribution in [0, 0.1) is 0 Å². The Hall–Kier alpha value is 1.45. The van der Waals surface area contributed by atoms with E-state index >= 15 is 0 Å². The molecule has 0 amide bonds. The van der Waals surface area contributed by atoms with Gasteiger partial charge in [0, 0.05) is 12.1 Å². The van der Waals surface area contributed by atoms with E-state index in [9.17, 15) is 0 Å². The molecule has 2 unspecified atom stereocenters. The molecule has 0 radical (unpaired) electrons. The number of halogens is 3. The van der Waals surface area contributed by atoms with Gasteiger partial charge in [-0.25, -0.2) is 0 Å². The van der Waals surface area contributed by atoms with Gasteiger partial charge in [-0.1, -0.05) is 12.8 Å². The zero-order chi connectivity index (χ0) is 10.1. The van der Waals surface area contributed by atoms with Crippen molar-refractivity contribution < 1.29 is 59.6 Å². The monoisotopic (exact) mass is 490 g/mol. The Labute approximate surface area is 139 Å². The van der Waals surface area contributed by atoms with E-state index in [1.165, 1.54) is 12.8 Å². The molecule has 0 saturated heterocycles. The molecule has 0 aromatic carbocycles. The molecule has 0 bridgehead atoms. The molecule has 0 heterocycles. The summed E-state index contributed by atoms with van der Waals surface area (Å²) in [5.41, 5.74) is 21.4. The van der Waals surface area contributed by atoms with Gasteiger partial charge in [0.15, 0.2) is 0 Å². The van der Waals surface area contributed by atoms with Crippen LogP contribution in [0.15, 0.2) is 0 Å². The predicted molar refractivity (Wildman–Crippen MR) is 57.1 cm³/mol. The van der Waals surface area contributed by atoms with Gasteiger partial charge in [0.2, 0.25) is 0 Å². The van der Waals surface area contributed by atoms with E-state index in [1.807, 2.05) is 0 Å². The van der Waals surface area contributed by atoms with Crippen molar-refractivity contribution in [3.05, 3.63) is 0 Å². The van der Waals surface area contributed by atoms with Gasteiger partial charge in [-0.15, -0.1) is 0 Å². The summed E-state index contributed by atoms with van der Waals surface area (Å²) in [6.07, 6.45) is 5.74. The Bertz CT molecular complexity index is 112. The van der Waals surface area contributed by atoms with Crippen molar-refractivity contribution in [3.63, 3.8) is 0 Å². The van der Waals surface area contributed by atoms with Crippen LogP contribution in [-0.4, -0.2) is 25.2 Å². The first-order valence-corrected chi connectivity index (χ1v) is 5.13. The van der Waals surface area contributed by atoms with E-state index < -0.39 is 0 Å². The molecule has 1 aliphatic carbocycles. The molecule has 17 heavy (non-hydrogen) atoms. The summed E-state index contributed by atoms with van der Waals surface area (Å²) in [5.74, 6) is 0. The number of rotatable bonds is 2. The molecule has 1 aliphatic rings. The fourth-order valence-corrected chi connectivity index (χ4v) is 1.31. The Kier molecular flexibility index (Phi) is 41.3. The summed E-state index contributed by atoms with van der Waals surface area (Å²) in [7, 11) is 0. The summed E-state index contributed by atoms with van der Waals surface area (Å²) in [6, 6.07) is 0.562. The SMILES string of the molecule is NC1CCCCC1N.NCCCN.[Au+3].[Cl-].[Cl-].[Cl-]. The van der Waals surface area contributed by atoms with Crippen LogP contribution < -0.4 is 60.2 Å². The molecule has 1 fully saturated rings. The Morgan fingerprint density at radius 2 is 1.06 bits per heavy atom. The Morgan fingerprint density at radius 3 is 1.18 bits per heavy atom. The molecule has 4 nitrogen and oxygen atoms in total. The number of hydrogen-bond acceptors (Lipinski definition) is 4. The summed E-state index contributed by atoms with van der Waals surface area (Å²) in [4.78, 5) is 0. The van der Waals surface area contributed by atoms with E-state index in [-0.39, 0.29) is 71.7 Å². The maximum Gasteiger partial charge on any atom is 3.00 e. The van der Waals surface area contributed by atoms with Crippen molar-refractivity contribution in [2.75, 3.05) is 13.1 Å². The van der Waals surface area contributed by atoms with Crippen LogP contribution in [0.3, 0.4) is 0 Å². The summed E-state index contributed by atoms with van der Waals surface area (Å²) in [6.45, 7) is 1.44. The maximum atomic E-state index is 5.65. The molecular formula is C9H24AuCl3N4. The number of hydrogen-bond donors (Lipinski definition) is 4. The average Bonchev–Trinajstić information content (AvgIpc) is 2.13. The van der Waals surface area contributed by atoms with Gasteiger partial charge in [0.25, 0.3) is 0 Å². The fourth-order valence-electron chi connectivity index (χ4n) is 1.31. The molecule has 1 saturated carbocycles. The largest absolute Gasteiger partial charge is 3.00 e. The third-order valence-corrected chi connectivity index (χ3v) is 2.28. The first-order chi connectivity index (χ1) is 6.22. The Balaban J connectivity index is -0.0000000489. The van der Waals surface area contributed by atoms with Gasteiger partial charge >= 0.3 is 22.4 Å². The van der Waals surface area contributed by atoms with E-state index in [4.69, 9.17) is 22.9 Å². The van der Waals surface area contributed by atoms with E-state index in [1.54, 1.807) is 0 Å². The molecule has 0 aliphatic heterocycles. The molecule has 0 spiro atoms. The fraction of sp³-hybridized carbons (Fsp3) is 1.00. The van der Waals surface area contributed by atoms with Crippen molar-refractivity contribution in [2.24, 2.45) is 22.9 Å². The van der Waals surface area contributed by atoms with Crippen LogP contribution in [0.2, 0.25) is 0 Å². The van der Waals surface area contributed by atoms with Crippen molar-refractivity contribution in [1.29, 1.82) is 0 Å². The standard InChI is InChI=1S/C6H14N2.C3H10N2.Au.3ClH/c7-5-3-1-2-4-6(5)8;4-2-1-3-5;;;;/h5-6H,1-4,7-8H2;1-5H2;;3*1H/q;;+3;;;/p-3. The minimum atomic E-state index is 0. The summed E-state index contributed by atoms with van der Waals surface area (Å²) >= 11 is 0. The van der Waals surface area contributed by atoms with Crippen LogP contribution in [-0.2, 0) is 22.4 Å². The summed E-state index contributed by atoms with van der Waals surface area (Å²) < 4.78 is 0. The minimum absolute atomic E-state index is 0. The molecule has 8 heteroatoms. The third kappa shape index (κ3) is 19.9. The van der Waals surface area contributed by atoms with Gasteiger partial charge in [-0.3, -0.25) is 0 Å². The molecule has 0 aromatic rings. The second-order valence-electron chi connectivity index (χ2n) is 3.54. The zero-order valence-electron chi connectivity index (χ0n) is 9.85. The topological polar surface area (TPSA) is 104 Å². The quantitative estimate of drug-likeness (QED) is 0.288. The predicted octanol–water partition coefficient (Wildman–Crippen LogP) is -9.48. The maximum absolute atomic E-state index is 5.65. The molecule has 0 aromatic heterocycles. The van der Waals surface area contributed by atoms with Crippen LogP contribution in [0.4, 0.5) is 0 Å². The van der Waals surface area contributed by atoms with Crippen molar-refractivity contribution in [3.8, 4) is 0 Å². The van der Waals surface area contributed by atoms with Crippen LogP contribution >= 0.6 is 0 Å². The molecule has 2 atom stereocenters. The molecule has 8 N–H and O–H groups in total. The van der Waals surface area contributed by atoms with Crippen molar-refractivity contribution >= 4 is 0 Å². The van der Waals surface area contributed by atoms with Gasteiger partial charge in [-0.05, 0) is 32.4 Å². The van der Waals surface area contributed by atoms with Gasteiger partial charge in [0.1, 0.15) is 0 Å². The second kappa shape index (κ2) is 22.6. The van der Waals surface area contributed by atoms with Crippen molar-refractivity contribution in [2.45, 2.75) is 44.2 Å². The third-order valence-electron chi connectivity index (χ3n) is 2.28. The van der Waals surface area contributed by atoms with Gasteiger partial charge in [-0.2, -0.15) is 0 Å². The van der Waals surface area contributed by atoms with E-state index in [0.717, 1.165) is 32.4 Å². The molecule has 1 rings (SSSR count). The Morgan fingerprint density at radius 1 is 0.765 bits per heavy atom. The smallest absolute Gasteiger partial charge is 1.00 e. The first-order valence-electron chi connectivity index (χ1n) is 5.13. The normalized spacial score (nSPS) is 21.2. The average molecular weight is 492 g/mol. The summed E-state index contributed by atoms with van der Waals surface area (Å²) in [5, 5.41) is 0. The van der Waals surface area contributed by atoms with Gasteiger partial charge < -0.3 is 60.2 Å². The first kappa shape index (κ1) is 31.1.